The largest absolute Gasteiger partial charge is 0.496 e. The Morgan fingerprint density at radius 3 is 2.12 bits per heavy atom. The van der Waals surface area contributed by atoms with Gasteiger partial charge in [0.15, 0.2) is 0 Å². The predicted molar refractivity (Wildman–Crippen MR) is 107 cm³/mol. The first-order valence-corrected chi connectivity index (χ1v) is 9.64. The fourth-order valence-corrected chi connectivity index (χ4v) is 4.44. The number of rotatable bonds is 8. The lowest BCUT2D eigenvalue weighted by Crippen LogP contribution is -2.22. The van der Waals surface area contributed by atoms with Crippen LogP contribution in [0.25, 0.3) is 0 Å². The Morgan fingerprint density at radius 1 is 1.08 bits per heavy atom. The van der Waals surface area contributed by atoms with E-state index in [-0.39, 0.29) is 5.41 Å². The van der Waals surface area contributed by atoms with Gasteiger partial charge in [-0.1, -0.05) is 50.4 Å². The van der Waals surface area contributed by atoms with E-state index in [1.165, 1.54) is 0 Å². The Morgan fingerprint density at radius 2 is 1.64 bits per heavy atom. The molecule has 1 aromatic heterocycles. The molecule has 0 saturated heterocycles. The fraction of sp³-hybridized carbons (Fsp3) is 0.500. The molecule has 7 heteroatoms. The zero-order valence-corrected chi connectivity index (χ0v) is 17.0. The number of hydrogen-bond acceptors (Lipinski definition) is 6. The summed E-state index contributed by atoms with van der Waals surface area (Å²) < 4.78 is 10.8. The highest BCUT2D eigenvalue weighted by atomic mass is 32.1. The van der Waals surface area contributed by atoms with Crippen molar-refractivity contribution in [2.45, 2.75) is 45.4 Å². The number of hydrogen-bond donors (Lipinski definition) is 1. The third-order valence-electron chi connectivity index (χ3n) is 4.78. The molecule has 136 valence electrons. The maximum absolute atomic E-state index is 5.57. The summed E-state index contributed by atoms with van der Waals surface area (Å²) in [4.78, 5) is 0.507. The molecule has 0 fully saturated rings. The van der Waals surface area contributed by atoms with Crippen LogP contribution in [-0.4, -0.2) is 29.4 Å². The number of aromatic nitrogens is 2. The van der Waals surface area contributed by atoms with Crippen molar-refractivity contribution in [3.8, 4) is 11.5 Å². The van der Waals surface area contributed by atoms with Crippen molar-refractivity contribution >= 4 is 33.7 Å². The number of methoxy groups -OCH3 is 2. The maximum atomic E-state index is 5.57. The molecule has 0 unspecified atom stereocenters. The van der Waals surface area contributed by atoms with Crippen molar-refractivity contribution in [1.82, 2.24) is 10.2 Å². The van der Waals surface area contributed by atoms with Crippen molar-refractivity contribution in [3.05, 3.63) is 28.8 Å². The maximum Gasteiger partial charge on any atom is 0.210 e. The SMILES string of the molecule is CCC(CC)(CC)c1nnc(NC(=S)c2c(OC)cccc2OC)s1. The molecule has 1 heterocycles. The summed E-state index contributed by atoms with van der Waals surface area (Å²) in [6, 6.07) is 5.58. The second-order valence-electron chi connectivity index (χ2n) is 5.75. The quantitative estimate of drug-likeness (QED) is 0.664. The van der Waals surface area contributed by atoms with Crippen LogP contribution in [0, 0.1) is 0 Å². The van der Waals surface area contributed by atoms with Gasteiger partial charge < -0.3 is 14.8 Å². The standard InChI is InChI=1S/C18H25N3O2S2/c1-6-18(7-2,8-3)16-20-21-17(25-16)19-15(24)14-12(22-4)10-9-11-13(14)23-5/h9-11H,6-8H2,1-5H3,(H,19,21,24). The normalized spacial score (nSPS) is 11.2. The van der Waals surface area contributed by atoms with Crippen LogP contribution in [0.15, 0.2) is 18.2 Å². The molecule has 2 aromatic rings. The minimum absolute atomic E-state index is 0.0847. The van der Waals surface area contributed by atoms with Crippen molar-refractivity contribution in [3.63, 3.8) is 0 Å². The first-order valence-electron chi connectivity index (χ1n) is 8.41. The Labute approximate surface area is 158 Å². The van der Waals surface area contributed by atoms with Gasteiger partial charge in [0.05, 0.1) is 19.8 Å². The van der Waals surface area contributed by atoms with E-state index >= 15 is 0 Å². The lowest BCUT2D eigenvalue weighted by atomic mass is 9.81. The van der Waals surface area contributed by atoms with Gasteiger partial charge in [0.25, 0.3) is 0 Å². The third kappa shape index (κ3) is 3.93. The molecule has 2 rings (SSSR count). The summed E-state index contributed by atoms with van der Waals surface area (Å²) in [5.41, 5.74) is 0.799. The van der Waals surface area contributed by atoms with Crippen LogP contribution in [0.5, 0.6) is 11.5 Å². The first kappa shape index (κ1) is 19.6. The average molecular weight is 380 g/mol. The summed E-state index contributed by atoms with van der Waals surface area (Å²) >= 11 is 7.13. The molecule has 0 aliphatic carbocycles. The van der Waals surface area contributed by atoms with Gasteiger partial charge in [0.1, 0.15) is 21.5 Å². The van der Waals surface area contributed by atoms with E-state index in [0.717, 1.165) is 24.3 Å². The predicted octanol–water partition coefficient (Wildman–Crippen LogP) is 4.81. The molecule has 0 aliphatic heterocycles. The molecule has 0 bridgehead atoms. The molecule has 0 spiro atoms. The second-order valence-corrected chi connectivity index (χ2v) is 7.13. The van der Waals surface area contributed by atoms with Gasteiger partial charge in [-0.25, -0.2) is 0 Å². The van der Waals surface area contributed by atoms with Gasteiger partial charge in [-0.2, -0.15) is 0 Å². The number of anilines is 1. The topological polar surface area (TPSA) is 56.3 Å². The Hall–Kier alpha value is -1.73. The Bertz CT molecular complexity index is 696. The van der Waals surface area contributed by atoms with Crippen LogP contribution in [0.2, 0.25) is 0 Å². The third-order valence-corrected chi connectivity index (χ3v) is 6.18. The average Bonchev–Trinajstić information content (AvgIpc) is 3.11. The zero-order valence-electron chi connectivity index (χ0n) is 15.4. The number of nitrogens with zero attached hydrogens (tertiary/aromatic N) is 2. The summed E-state index contributed by atoms with van der Waals surface area (Å²) in [5, 5.41) is 13.6. The van der Waals surface area contributed by atoms with Gasteiger partial charge in [-0.15, -0.1) is 10.2 Å². The highest BCUT2D eigenvalue weighted by Gasteiger charge is 2.30. The van der Waals surface area contributed by atoms with Crippen molar-refractivity contribution < 1.29 is 9.47 Å². The minimum Gasteiger partial charge on any atom is -0.496 e. The van der Waals surface area contributed by atoms with Crippen LogP contribution < -0.4 is 14.8 Å². The molecular formula is C18H25N3O2S2. The van der Waals surface area contributed by atoms with E-state index in [9.17, 15) is 0 Å². The first-order chi connectivity index (χ1) is 12.0. The summed E-state index contributed by atoms with van der Waals surface area (Å²) in [6.45, 7) is 6.60. The van der Waals surface area contributed by atoms with Crippen molar-refractivity contribution in [2.24, 2.45) is 0 Å². The number of ether oxygens (including phenoxy) is 2. The van der Waals surface area contributed by atoms with Crippen molar-refractivity contribution in [1.29, 1.82) is 0 Å². The van der Waals surface area contributed by atoms with E-state index in [2.05, 4.69) is 36.3 Å². The molecular weight excluding hydrogens is 354 g/mol. The van der Waals surface area contributed by atoms with E-state index in [0.29, 0.717) is 27.2 Å². The molecule has 5 nitrogen and oxygen atoms in total. The number of thiocarbonyl (C=S) groups is 1. The summed E-state index contributed by atoms with van der Waals surface area (Å²) in [7, 11) is 3.23. The molecule has 25 heavy (non-hydrogen) atoms. The monoisotopic (exact) mass is 379 g/mol. The Kier molecular flexibility index (Phi) is 6.72. The van der Waals surface area contributed by atoms with Crippen LogP contribution >= 0.6 is 23.6 Å². The molecule has 0 saturated carbocycles. The van der Waals surface area contributed by atoms with E-state index in [4.69, 9.17) is 21.7 Å². The van der Waals surface area contributed by atoms with E-state index in [1.54, 1.807) is 25.6 Å². The van der Waals surface area contributed by atoms with Crippen LogP contribution in [0.1, 0.15) is 50.6 Å². The summed E-state index contributed by atoms with van der Waals surface area (Å²) in [5.74, 6) is 1.32. The van der Waals surface area contributed by atoms with Crippen LogP contribution in [-0.2, 0) is 5.41 Å². The van der Waals surface area contributed by atoms with E-state index in [1.807, 2.05) is 18.2 Å². The van der Waals surface area contributed by atoms with E-state index < -0.39 is 0 Å². The van der Waals surface area contributed by atoms with Gasteiger partial charge >= 0.3 is 0 Å². The van der Waals surface area contributed by atoms with Gasteiger partial charge in [-0.3, -0.25) is 0 Å². The van der Waals surface area contributed by atoms with Crippen LogP contribution in [0.3, 0.4) is 0 Å². The number of benzene rings is 1. The molecule has 0 atom stereocenters. The van der Waals surface area contributed by atoms with Crippen molar-refractivity contribution in [2.75, 3.05) is 19.5 Å². The van der Waals surface area contributed by atoms with Gasteiger partial charge in [0.2, 0.25) is 5.13 Å². The summed E-state index contributed by atoms with van der Waals surface area (Å²) in [6.07, 6.45) is 3.12. The number of nitrogens with one attached hydrogen (secondary N) is 1. The van der Waals surface area contributed by atoms with Gasteiger partial charge in [0, 0.05) is 5.41 Å². The second kappa shape index (κ2) is 8.58. The minimum atomic E-state index is 0.0847. The lowest BCUT2D eigenvalue weighted by molar-refractivity contribution is 0.377. The highest BCUT2D eigenvalue weighted by molar-refractivity contribution is 7.81. The smallest absolute Gasteiger partial charge is 0.210 e. The molecule has 0 radical (unpaired) electrons. The lowest BCUT2D eigenvalue weighted by Gasteiger charge is -2.26. The molecule has 1 aromatic carbocycles. The molecule has 0 aliphatic rings. The zero-order chi connectivity index (χ0) is 18.4. The molecule has 1 N–H and O–H groups in total. The highest BCUT2D eigenvalue weighted by Crippen LogP contribution is 2.38. The fourth-order valence-electron chi connectivity index (χ4n) is 2.93. The van der Waals surface area contributed by atoms with Crippen LogP contribution in [0.4, 0.5) is 5.13 Å². The van der Waals surface area contributed by atoms with Gasteiger partial charge in [-0.05, 0) is 31.4 Å². The molecule has 0 amide bonds. The Balaban J connectivity index is 2.29.